The molecule has 4 rings (SSSR count). The van der Waals surface area contributed by atoms with Gasteiger partial charge in [-0.25, -0.2) is 9.78 Å². The van der Waals surface area contributed by atoms with E-state index < -0.39 is 17.8 Å². The molecule has 126 valence electrons. The van der Waals surface area contributed by atoms with Gasteiger partial charge in [-0.15, -0.1) is 0 Å². The minimum Gasteiger partial charge on any atom is -0.454 e. The van der Waals surface area contributed by atoms with Gasteiger partial charge in [-0.05, 0) is 24.3 Å². The predicted octanol–water partition coefficient (Wildman–Crippen LogP) is 0.565. The number of fused-ring (bicyclic) bond motifs is 1. The summed E-state index contributed by atoms with van der Waals surface area (Å²) in [5.41, 5.74) is 1.42. The van der Waals surface area contributed by atoms with Gasteiger partial charge in [-0.3, -0.25) is 20.2 Å². The molecule has 9 nitrogen and oxygen atoms in total. The highest BCUT2D eigenvalue weighted by molar-refractivity contribution is 6.30. The van der Waals surface area contributed by atoms with E-state index in [9.17, 15) is 14.4 Å². The number of nitrogens with one attached hydrogen (secondary N) is 2. The Morgan fingerprint density at radius 1 is 1.12 bits per heavy atom. The molecular weight excluding hydrogens is 328 g/mol. The van der Waals surface area contributed by atoms with E-state index in [1.807, 2.05) is 22.8 Å². The molecular formula is C16H12N4O5. The Kier molecular flexibility index (Phi) is 3.27. The lowest BCUT2D eigenvalue weighted by Crippen LogP contribution is -2.51. The second kappa shape index (κ2) is 5.48. The zero-order valence-electron chi connectivity index (χ0n) is 13.0. The summed E-state index contributed by atoms with van der Waals surface area (Å²) in [4.78, 5) is 38.9. The van der Waals surface area contributed by atoms with Crippen LogP contribution in [-0.2, 0) is 16.6 Å². The number of ether oxygens (including phenoxy) is 2. The molecule has 2 aromatic rings. The largest absolute Gasteiger partial charge is 0.454 e. The van der Waals surface area contributed by atoms with E-state index in [0.29, 0.717) is 17.3 Å². The van der Waals surface area contributed by atoms with Crippen molar-refractivity contribution in [1.82, 2.24) is 20.2 Å². The van der Waals surface area contributed by atoms with Gasteiger partial charge in [0.05, 0.1) is 11.9 Å². The third-order valence-electron chi connectivity index (χ3n) is 3.91. The molecule has 0 atom stereocenters. The molecule has 2 aliphatic heterocycles. The summed E-state index contributed by atoms with van der Waals surface area (Å²) in [7, 11) is 1.75. The third kappa shape index (κ3) is 2.51. The first-order chi connectivity index (χ1) is 12.0. The van der Waals surface area contributed by atoms with E-state index in [1.54, 1.807) is 23.9 Å². The highest BCUT2D eigenvalue weighted by atomic mass is 16.7. The molecule has 9 heteroatoms. The number of carbonyl (C=O) groups is 3. The van der Waals surface area contributed by atoms with Crippen molar-refractivity contribution < 1.29 is 23.9 Å². The van der Waals surface area contributed by atoms with E-state index in [-0.39, 0.29) is 12.4 Å². The molecule has 1 fully saturated rings. The maximum absolute atomic E-state index is 11.8. The Morgan fingerprint density at radius 2 is 1.84 bits per heavy atom. The normalized spacial score (nSPS) is 15.9. The fourth-order valence-corrected chi connectivity index (χ4v) is 2.62. The second-order valence-electron chi connectivity index (χ2n) is 5.42. The van der Waals surface area contributed by atoms with Gasteiger partial charge >= 0.3 is 6.03 Å². The van der Waals surface area contributed by atoms with Crippen LogP contribution in [0.3, 0.4) is 0 Å². The number of barbiturate groups is 1. The molecule has 0 saturated carbocycles. The Morgan fingerprint density at radius 3 is 2.60 bits per heavy atom. The van der Waals surface area contributed by atoms with Crippen LogP contribution in [0.25, 0.3) is 17.3 Å². The standard InChI is InChI=1S/C16H12N4O5/c1-20-10(8-2-3-11-12(4-8)25-7-24-11)6-17-13(20)5-9-14(21)18-16(23)19-15(9)22/h2-6H,7H2,1H3,(H2,18,19,21,22,23). The molecule has 4 amide bonds. The number of amides is 4. The van der Waals surface area contributed by atoms with Crippen molar-refractivity contribution in [3.63, 3.8) is 0 Å². The van der Waals surface area contributed by atoms with Crippen LogP contribution in [0.2, 0.25) is 0 Å². The minimum absolute atomic E-state index is 0.185. The van der Waals surface area contributed by atoms with E-state index >= 15 is 0 Å². The van der Waals surface area contributed by atoms with Gasteiger partial charge in [0.1, 0.15) is 11.4 Å². The smallest absolute Gasteiger partial charge is 0.328 e. The first-order valence-corrected chi connectivity index (χ1v) is 7.33. The lowest BCUT2D eigenvalue weighted by atomic mass is 10.1. The van der Waals surface area contributed by atoms with E-state index in [1.165, 1.54) is 6.08 Å². The molecule has 1 aromatic carbocycles. The number of nitrogens with zero attached hydrogens (tertiary/aromatic N) is 2. The molecule has 0 unspecified atom stereocenters. The summed E-state index contributed by atoms with van der Waals surface area (Å²) < 4.78 is 12.4. The van der Waals surface area contributed by atoms with E-state index in [0.717, 1.165) is 11.3 Å². The number of hydrogen-bond donors (Lipinski definition) is 2. The van der Waals surface area contributed by atoms with Crippen molar-refractivity contribution in [3.8, 4) is 22.8 Å². The fourth-order valence-electron chi connectivity index (χ4n) is 2.62. The Balaban J connectivity index is 1.70. The molecule has 1 aromatic heterocycles. The van der Waals surface area contributed by atoms with Gasteiger partial charge in [-0.1, -0.05) is 0 Å². The van der Waals surface area contributed by atoms with Gasteiger partial charge in [0.15, 0.2) is 11.5 Å². The Bertz CT molecular complexity index is 937. The number of aromatic nitrogens is 2. The summed E-state index contributed by atoms with van der Waals surface area (Å²) in [6.45, 7) is 0.185. The summed E-state index contributed by atoms with van der Waals surface area (Å²) in [6, 6.07) is 4.65. The van der Waals surface area contributed by atoms with Crippen LogP contribution in [-0.4, -0.2) is 34.2 Å². The quantitative estimate of drug-likeness (QED) is 0.610. The van der Waals surface area contributed by atoms with Crippen LogP contribution >= 0.6 is 0 Å². The molecule has 1 saturated heterocycles. The monoisotopic (exact) mass is 340 g/mol. The second-order valence-corrected chi connectivity index (χ2v) is 5.42. The molecule has 0 aliphatic carbocycles. The number of rotatable bonds is 2. The van der Waals surface area contributed by atoms with Crippen LogP contribution < -0.4 is 20.1 Å². The highest BCUT2D eigenvalue weighted by Gasteiger charge is 2.28. The van der Waals surface area contributed by atoms with E-state index in [4.69, 9.17) is 9.47 Å². The van der Waals surface area contributed by atoms with Gasteiger partial charge in [0, 0.05) is 12.6 Å². The molecule has 0 radical (unpaired) electrons. The maximum atomic E-state index is 11.8. The maximum Gasteiger partial charge on any atom is 0.328 e. The van der Waals surface area contributed by atoms with Crippen LogP contribution in [0.15, 0.2) is 30.0 Å². The van der Waals surface area contributed by atoms with Gasteiger partial charge in [0.2, 0.25) is 6.79 Å². The number of imide groups is 2. The zero-order chi connectivity index (χ0) is 17.6. The molecule has 0 spiro atoms. The van der Waals surface area contributed by atoms with Crippen molar-refractivity contribution in [2.45, 2.75) is 0 Å². The first-order valence-electron chi connectivity index (χ1n) is 7.33. The fraction of sp³-hybridized carbons (Fsp3) is 0.125. The van der Waals surface area contributed by atoms with Crippen molar-refractivity contribution in [2.24, 2.45) is 7.05 Å². The van der Waals surface area contributed by atoms with E-state index in [2.05, 4.69) is 4.98 Å². The Labute approximate surface area is 141 Å². The first kappa shape index (κ1) is 14.9. The topological polar surface area (TPSA) is 112 Å². The third-order valence-corrected chi connectivity index (χ3v) is 3.91. The van der Waals surface area contributed by atoms with Crippen molar-refractivity contribution in [1.29, 1.82) is 0 Å². The molecule has 3 heterocycles. The molecule has 2 aliphatic rings. The lowest BCUT2D eigenvalue weighted by molar-refractivity contribution is -0.123. The SMILES string of the molecule is Cn1c(-c2ccc3c(c2)OCO3)cnc1C=C1C(=O)NC(=O)NC1=O. The summed E-state index contributed by atoms with van der Waals surface area (Å²) >= 11 is 0. The number of imidazole rings is 1. The molecule has 0 bridgehead atoms. The number of urea groups is 1. The number of benzene rings is 1. The average Bonchev–Trinajstić information content (AvgIpc) is 3.17. The van der Waals surface area contributed by atoms with Gasteiger partial charge in [-0.2, -0.15) is 0 Å². The van der Waals surface area contributed by atoms with Crippen LogP contribution in [0.4, 0.5) is 4.79 Å². The zero-order valence-corrected chi connectivity index (χ0v) is 13.0. The van der Waals surface area contributed by atoms with Crippen molar-refractivity contribution in [3.05, 3.63) is 35.8 Å². The highest BCUT2D eigenvalue weighted by Crippen LogP contribution is 2.36. The van der Waals surface area contributed by atoms with Crippen molar-refractivity contribution >= 4 is 23.9 Å². The van der Waals surface area contributed by atoms with Gasteiger partial charge in [0.25, 0.3) is 11.8 Å². The van der Waals surface area contributed by atoms with Crippen molar-refractivity contribution in [2.75, 3.05) is 6.79 Å². The minimum atomic E-state index is -0.840. The number of hydrogen-bond acceptors (Lipinski definition) is 6. The average molecular weight is 340 g/mol. The summed E-state index contributed by atoms with van der Waals surface area (Å²) in [5, 5.41) is 4.04. The Hall–Kier alpha value is -3.62. The predicted molar refractivity (Wildman–Crippen MR) is 84.4 cm³/mol. The molecule has 2 N–H and O–H groups in total. The van der Waals surface area contributed by atoms with Crippen LogP contribution in [0, 0.1) is 0 Å². The lowest BCUT2D eigenvalue weighted by Gasteiger charge is -2.13. The number of carbonyl (C=O) groups excluding carboxylic acids is 3. The van der Waals surface area contributed by atoms with Crippen LogP contribution in [0.5, 0.6) is 11.5 Å². The summed E-state index contributed by atoms with van der Waals surface area (Å²) in [5.74, 6) is 0.182. The summed E-state index contributed by atoms with van der Waals surface area (Å²) in [6.07, 6.45) is 2.95. The molecule has 25 heavy (non-hydrogen) atoms. The van der Waals surface area contributed by atoms with Gasteiger partial charge < -0.3 is 14.0 Å². The van der Waals surface area contributed by atoms with Crippen LogP contribution in [0.1, 0.15) is 5.82 Å².